The molecule has 0 aliphatic carbocycles. The summed E-state index contributed by atoms with van der Waals surface area (Å²) in [7, 11) is 0. The molecule has 0 amide bonds. The van der Waals surface area contributed by atoms with Gasteiger partial charge in [0.1, 0.15) is 4.49 Å². The molecule has 0 aliphatic rings. The minimum atomic E-state index is 0.333. The van der Waals surface area contributed by atoms with Gasteiger partial charge in [-0.3, -0.25) is 0 Å². The number of rotatable bonds is 2. The second-order valence-corrected chi connectivity index (χ2v) is 2.85. The van der Waals surface area contributed by atoms with Crippen molar-refractivity contribution >= 4 is 23.2 Å². The summed E-state index contributed by atoms with van der Waals surface area (Å²) in [6.45, 7) is 3.98. The third kappa shape index (κ3) is 5.94. The van der Waals surface area contributed by atoms with Crippen LogP contribution in [0.5, 0.6) is 0 Å². The molecule has 0 bridgehead atoms. The molecule has 0 radical (unpaired) electrons. The number of halogens is 2. The molecule has 0 saturated carbocycles. The van der Waals surface area contributed by atoms with Gasteiger partial charge in [-0.15, -0.1) is 0 Å². The fourth-order valence-electron chi connectivity index (χ4n) is 0.558. The summed E-state index contributed by atoms with van der Waals surface area (Å²) in [4.78, 5) is 0. The van der Waals surface area contributed by atoms with Crippen molar-refractivity contribution in [1.82, 2.24) is 0 Å². The maximum absolute atomic E-state index is 5.40. The Balaban J connectivity index is 3.76. The number of hydrogen-bond acceptors (Lipinski definition) is 0. The Morgan fingerprint density at radius 3 is 2.33 bits per heavy atom. The summed E-state index contributed by atoms with van der Waals surface area (Å²) >= 11 is 10.8. The number of hydrogen-bond donors (Lipinski definition) is 0. The zero-order valence-electron chi connectivity index (χ0n) is 5.57. The van der Waals surface area contributed by atoms with Crippen LogP contribution < -0.4 is 0 Å². The smallest absolute Gasteiger partial charge is 0.0911 e. The molecule has 0 aliphatic heterocycles. The molecule has 0 rings (SSSR count). The van der Waals surface area contributed by atoms with Gasteiger partial charge in [0.25, 0.3) is 0 Å². The maximum atomic E-state index is 5.40. The van der Waals surface area contributed by atoms with E-state index in [1.54, 1.807) is 6.08 Å². The first-order valence-corrected chi connectivity index (χ1v) is 3.58. The van der Waals surface area contributed by atoms with Gasteiger partial charge < -0.3 is 0 Å². The molecule has 0 aromatic heterocycles. The highest BCUT2D eigenvalue weighted by atomic mass is 35.5. The van der Waals surface area contributed by atoms with Gasteiger partial charge in [0.15, 0.2) is 0 Å². The second kappa shape index (κ2) is 4.89. The molecule has 0 fully saturated rings. The van der Waals surface area contributed by atoms with Crippen LogP contribution in [0, 0.1) is 5.92 Å². The summed E-state index contributed by atoms with van der Waals surface area (Å²) < 4.78 is 0.334. The van der Waals surface area contributed by atoms with Crippen LogP contribution in [0.15, 0.2) is 22.7 Å². The normalized spacial score (nSPS) is 13.8. The highest BCUT2D eigenvalue weighted by Crippen LogP contribution is 2.11. The first-order chi connectivity index (χ1) is 4.16. The van der Waals surface area contributed by atoms with Gasteiger partial charge in [0, 0.05) is 0 Å². The van der Waals surface area contributed by atoms with Crippen LogP contribution in [0.4, 0.5) is 0 Å². The SMILES string of the molecule is CC=CC(C)C=C(Cl)Cl. The Kier molecular flexibility index (Phi) is 4.93. The molecule has 52 valence electrons. The summed E-state index contributed by atoms with van der Waals surface area (Å²) in [5.41, 5.74) is 0. The van der Waals surface area contributed by atoms with Crippen LogP contribution in [-0.2, 0) is 0 Å². The van der Waals surface area contributed by atoms with E-state index >= 15 is 0 Å². The fourth-order valence-corrected chi connectivity index (χ4v) is 0.955. The van der Waals surface area contributed by atoms with Crippen LogP contribution in [0.3, 0.4) is 0 Å². The van der Waals surface area contributed by atoms with E-state index in [1.807, 2.05) is 26.0 Å². The van der Waals surface area contributed by atoms with Gasteiger partial charge in [-0.1, -0.05) is 42.3 Å². The zero-order chi connectivity index (χ0) is 7.28. The average molecular weight is 165 g/mol. The van der Waals surface area contributed by atoms with Crippen molar-refractivity contribution in [1.29, 1.82) is 0 Å². The van der Waals surface area contributed by atoms with E-state index in [0.717, 1.165) is 0 Å². The monoisotopic (exact) mass is 164 g/mol. The molecule has 0 aromatic carbocycles. The first-order valence-electron chi connectivity index (χ1n) is 2.82. The average Bonchev–Trinajstić information content (AvgIpc) is 1.63. The molecule has 0 saturated heterocycles. The van der Waals surface area contributed by atoms with Crippen molar-refractivity contribution < 1.29 is 0 Å². The molecular weight excluding hydrogens is 155 g/mol. The van der Waals surface area contributed by atoms with Crippen molar-refractivity contribution in [2.24, 2.45) is 5.92 Å². The van der Waals surface area contributed by atoms with E-state index in [1.165, 1.54) is 0 Å². The van der Waals surface area contributed by atoms with E-state index in [2.05, 4.69) is 0 Å². The Bertz CT molecular complexity index is 121. The molecule has 9 heavy (non-hydrogen) atoms. The Morgan fingerprint density at radius 2 is 2.00 bits per heavy atom. The van der Waals surface area contributed by atoms with Crippen LogP contribution in [0.25, 0.3) is 0 Å². The maximum Gasteiger partial charge on any atom is 0.103 e. The summed E-state index contributed by atoms with van der Waals surface area (Å²) in [5, 5.41) is 0. The highest BCUT2D eigenvalue weighted by Gasteiger charge is 1.90. The van der Waals surface area contributed by atoms with Crippen molar-refractivity contribution in [3.8, 4) is 0 Å². The van der Waals surface area contributed by atoms with E-state index in [0.29, 0.717) is 10.4 Å². The largest absolute Gasteiger partial charge is 0.103 e. The Labute approximate surface area is 66.2 Å². The lowest BCUT2D eigenvalue weighted by Crippen LogP contribution is -1.80. The van der Waals surface area contributed by atoms with E-state index in [4.69, 9.17) is 23.2 Å². The predicted octanol–water partition coefficient (Wildman–Crippen LogP) is 3.52. The Hall–Kier alpha value is 0.0600. The molecule has 1 unspecified atom stereocenters. The van der Waals surface area contributed by atoms with Gasteiger partial charge in [0.05, 0.1) is 0 Å². The molecule has 0 heterocycles. The van der Waals surface area contributed by atoms with Crippen LogP contribution in [-0.4, -0.2) is 0 Å². The minimum Gasteiger partial charge on any atom is -0.0911 e. The quantitative estimate of drug-likeness (QED) is 0.549. The van der Waals surface area contributed by atoms with Crippen molar-refractivity contribution in [3.63, 3.8) is 0 Å². The third-order valence-corrected chi connectivity index (χ3v) is 1.14. The topological polar surface area (TPSA) is 0 Å². The van der Waals surface area contributed by atoms with Gasteiger partial charge in [-0.05, 0) is 18.9 Å². The molecule has 0 nitrogen and oxygen atoms in total. The van der Waals surface area contributed by atoms with Crippen LogP contribution >= 0.6 is 23.2 Å². The van der Waals surface area contributed by atoms with E-state index < -0.39 is 0 Å². The fraction of sp³-hybridized carbons (Fsp3) is 0.429. The van der Waals surface area contributed by atoms with E-state index in [9.17, 15) is 0 Å². The predicted molar refractivity (Wildman–Crippen MR) is 43.8 cm³/mol. The van der Waals surface area contributed by atoms with Crippen LogP contribution in [0.1, 0.15) is 13.8 Å². The summed E-state index contributed by atoms with van der Waals surface area (Å²) in [6.07, 6.45) is 5.77. The van der Waals surface area contributed by atoms with Gasteiger partial charge >= 0.3 is 0 Å². The van der Waals surface area contributed by atoms with Gasteiger partial charge in [-0.2, -0.15) is 0 Å². The zero-order valence-corrected chi connectivity index (χ0v) is 7.08. The molecule has 0 spiro atoms. The second-order valence-electron chi connectivity index (χ2n) is 1.84. The number of allylic oxidation sites excluding steroid dienone is 3. The first kappa shape index (κ1) is 9.06. The van der Waals surface area contributed by atoms with Crippen molar-refractivity contribution in [3.05, 3.63) is 22.7 Å². The Morgan fingerprint density at radius 1 is 1.44 bits per heavy atom. The molecule has 2 heteroatoms. The lowest BCUT2D eigenvalue weighted by molar-refractivity contribution is 0.938. The molecular formula is C7H10Cl2. The lowest BCUT2D eigenvalue weighted by Gasteiger charge is -1.94. The standard InChI is InChI=1S/C7H10Cl2/c1-3-4-6(2)5-7(8)9/h3-6H,1-2H3. The summed E-state index contributed by atoms with van der Waals surface area (Å²) in [5.74, 6) is 0.333. The highest BCUT2D eigenvalue weighted by molar-refractivity contribution is 6.55. The van der Waals surface area contributed by atoms with Gasteiger partial charge in [-0.25, -0.2) is 0 Å². The lowest BCUT2D eigenvalue weighted by atomic mass is 10.2. The molecule has 0 N–H and O–H groups in total. The molecule has 1 atom stereocenters. The molecule has 0 aromatic rings. The third-order valence-electron chi connectivity index (χ3n) is 0.885. The van der Waals surface area contributed by atoms with E-state index in [-0.39, 0.29) is 0 Å². The van der Waals surface area contributed by atoms with Crippen LogP contribution in [0.2, 0.25) is 0 Å². The van der Waals surface area contributed by atoms with Crippen molar-refractivity contribution in [2.75, 3.05) is 0 Å². The van der Waals surface area contributed by atoms with Gasteiger partial charge in [0.2, 0.25) is 0 Å². The minimum absolute atomic E-state index is 0.333. The van der Waals surface area contributed by atoms with Crippen molar-refractivity contribution in [2.45, 2.75) is 13.8 Å². The summed E-state index contributed by atoms with van der Waals surface area (Å²) in [6, 6.07) is 0.